The summed E-state index contributed by atoms with van der Waals surface area (Å²) in [5.74, 6) is 0.554. The quantitative estimate of drug-likeness (QED) is 0.293. The first-order valence-electron chi connectivity index (χ1n) is 10.2. The molecule has 0 fully saturated rings. The Balaban J connectivity index is 2.77. The van der Waals surface area contributed by atoms with E-state index in [4.69, 9.17) is 27.5 Å². The number of hydrogen-bond acceptors (Lipinski definition) is 8. The SMILES string of the molecule is CCO[Si](OCC)(OCC)C(CC)NC(=O)Oc1ccc(OC(=O)OC(C)C)cc1. The predicted octanol–water partition coefficient (Wildman–Crippen LogP) is 4.07. The zero-order valence-electron chi connectivity index (χ0n) is 18.6. The summed E-state index contributed by atoms with van der Waals surface area (Å²) in [5, 5.41) is 2.80. The largest absolute Gasteiger partial charge is 0.524 e. The van der Waals surface area contributed by atoms with Gasteiger partial charge >= 0.3 is 21.1 Å². The van der Waals surface area contributed by atoms with Crippen LogP contribution in [0.25, 0.3) is 0 Å². The molecule has 0 saturated heterocycles. The van der Waals surface area contributed by atoms with E-state index in [1.165, 1.54) is 24.3 Å². The highest BCUT2D eigenvalue weighted by Gasteiger charge is 2.49. The van der Waals surface area contributed by atoms with Crippen molar-refractivity contribution in [3.8, 4) is 11.5 Å². The minimum Gasteiger partial charge on any atom is -0.431 e. The maximum atomic E-state index is 12.4. The van der Waals surface area contributed by atoms with Crippen LogP contribution in [-0.4, -0.2) is 52.6 Å². The first-order chi connectivity index (χ1) is 14.3. The van der Waals surface area contributed by atoms with Crippen LogP contribution in [0.5, 0.6) is 11.5 Å². The van der Waals surface area contributed by atoms with Gasteiger partial charge in [-0.05, 0) is 65.3 Å². The zero-order chi connectivity index (χ0) is 22.6. The molecule has 0 bridgehead atoms. The maximum absolute atomic E-state index is 12.4. The number of carbonyl (C=O) groups excluding carboxylic acids is 2. The Morgan fingerprint density at radius 2 is 1.33 bits per heavy atom. The van der Waals surface area contributed by atoms with E-state index in [1.54, 1.807) is 13.8 Å². The molecule has 1 atom stereocenters. The van der Waals surface area contributed by atoms with Crippen LogP contribution in [0.4, 0.5) is 9.59 Å². The summed E-state index contributed by atoms with van der Waals surface area (Å²) < 4.78 is 32.8. The van der Waals surface area contributed by atoms with Gasteiger partial charge in [0.15, 0.2) is 0 Å². The second kappa shape index (κ2) is 13.2. The third-order valence-electron chi connectivity index (χ3n) is 3.73. The van der Waals surface area contributed by atoms with E-state index >= 15 is 0 Å². The van der Waals surface area contributed by atoms with Crippen molar-refractivity contribution in [3.05, 3.63) is 24.3 Å². The van der Waals surface area contributed by atoms with E-state index in [-0.39, 0.29) is 17.6 Å². The van der Waals surface area contributed by atoms with Crippen molar-refractivity contribution in [2.24, 2.45) is 0 Å². The van der Waals surface area contributed by atoms with Gasteiger partial charge < -0.3 is 32.8 Å². The lowest BCUT2D eigenvalue weighted by atomic mass is 10.3. The van der Waals surface area contributed by atoms with E-state index < -0.39 is 26.7 Å². The summed E-state index contributed by atoms with van der Waals surface area (Å²) in [7, 11) is -3.13. The summed E-state index contributed by atoms with van der Waals surface area (Å²) in [6, 6.07) is 6.02. The molecule has 0 saturated carbocycles. The van der Waals surface area contributed by atoms with Gasteiger partial charge in [-0.2, -0.15) is 0 Å². The van der Waals surface area contributed by atoms with Crippen LogP contribution in [-0.2, 0) is 18.0 Å². The molecule has 10 heteroatoms. The highest BCUT2D eigenvalue weighted by Crippen LogP contribution is 2.20. The molecule has 9 nitrogen and oxygen atoms in total. The minimum atomic E-state index is -3.13. The number of amides is 1. The molecule has 0 aliphatic rings. The number of benzene rings is 1. The lowest BCUT2D eigenvalue weighted by molar-refractivity contribution is 0.0572. The smallest absolute Gasteiger partial charge is 0.431 e. The van der Waals surface area contributed by atoms with Crippen molar-refractivity contribution in [1.29, 1.82) is 0 Å². The van der Waals surface area contributed by atoms with E-state index in [1.807, 2.05) is 27.7 Å². The summed E-state index contributed by atoms with van der Waals surface area (Å²) in [6.07, 6.45) is -1.19. The molecule has 1 rings (SSSR count). The Morgan fingerprint density at radius 1 is 0.867 bits per heavy atom. The van der Waals surface area contributed by atoms with E-state index in [9.17, 15) is 9.59 Å². The van der Waals surface area contributed by atoms with Crippen LogP contribution in [0.3, 0.4) is 0 Å². The van der Waals surface area contributed by atoms with Gasteiger partial charge in [-0.15, -0.1) is 0 Å². The summed E-state index contributed by atoms with van der Waals surface area (Å²) in [6.45, 7) is 12.1. The Hall–Kier alpha value is -2.14. The van der Waals surface area contributed by atoms with Crippen molar-refractivity contribution < 1.29 is 37.1 Å². The molecular weight excluding hydrogens is 410 g/mol. The van der Waals surface area contributed by atoms with Gasteiger partial charge in [0.1, 0.15) is 17.2 Å². The molecule has 0 heterocycles. The number of ether oxygens (including phenoxy) is 3. The third kappa shape index (κ3) is 8.31. The van der Waals surface area contributed by atoms with Crippen molar-refractivity contribution in [2.45, 2.75) is 59.7 Å². The van der Waals surface area contributed by atoms with Gasteiger partial charge in [-0.1, -0.05) is 6.92 Å². The van der Waals surface area contributed by atoms with E-state index in [0.29, 0.717) is 26.2 Å². The normalized spacial score (nSPS) is 12.4. The van der Waals surface area contributed by atoms with Crippen LogP contribution in [0.15, 0.2) is 24.3 Å². The summed E-state index contributed by atoms with van der Waals surface area (Å²) in [4.78, 5) is 24.0. The molecule has 1 N–H and O–H groups in total. The molecule has 30 heavy (non-hydrogen) atoms. The first-order valence-corrected chi connectivity index (χ1v) is 12.0. The van der Waals surface area contributed by atoms with Crippen molar-refractivity contribution in [2.75, 3.05) is 19.8 Å². The Morgan fingerprint density at radius 3 is 1.73 bits per heavy atom. The highest BCUT2D eigenvalue weighted by molar-refractivity contribution is 6.62. The summed E-state index contributed by atoms with van der Waals surface area (Å²) in [5.41, 5.74) is -0.460. The van der Waals surface area contributed by atoms with Crippen molar-refractivity contribution in [1.82, 2.24) is 5.32 Å². The van der Waals surface area contributed by atoms with Crippen LogP contribution in [0.1, 0.15) is 48.0 Å². The second-order valence-corrected chi connectivity index (χ2v) is 9.16. The third-order valence-corrected chi connectivity index (χ3v) is 7.21. The van der Waals surface area contributed by atoms with Gasteiger partial charge in [0.05, 0.1) is 6.10 Å². The van der Waals surface area contributed by atoms with Crippen molar-refractivity contribution in [3.63, 3.8) is 0 Å². The molecule has 170 valence electrons. The average Bonchev–Trinajstić information content (AvgIpc) is 2.67. The van der Waals surface area contributed by atoms with Gasteiger partial charge in [0, 0.05) is 19.8 Å². The fourth-order valence-electron chi connectivity index (χ4n) is 2.64. The molecule has 0 aromatic heterocycles. The molecule has 0 radical (unpaired) electrons. The average molecular weight is 444 g/mol. The van der Waals surface area contributed by atoms with Crippen LogP contribution >= 0.6 is 0 Å². The molecule has 1 unspecified atom stereocenters. The zero-order valence-corrected chi connectivity index (χ0v) is 19.6. The molecule has 1 amide bonds. The van der Waals surface area contributed by atoms with Gasteiger partial charge in [-0.3, -0.25) is 0 Å². The number of rotatable bonds is 12. The van der Waals surface area contributed by atoms with Crippen LogP contribution < -0.4 is 14.8 Å². The first kappa shape index (κ1) is 25.9. The van der Waals surface area contributed by atoms with Crippen molar-refractivity contribution >= 4 is 21.1 Å². The molecule has 1 aromatic rings. The van der Waals surface area contributed by atoms with Gasteiger partial charge in [-0.25, -0.2) is 9.59 Å². The fourth-order valence-corrected chi connectivity index (χ4v) is 5.49. The minimum absolute atomic E-state index is 0.273. The lowest BCUT2D eigenvalue weighted by Gasteiger charge is -2.34. The van der Waals surface area contributed by atoms with E-state index in [0.717, 1.165) is 0 Å². The van der Waals surface area contributed by atoms with Gasteiger partial charge in [0.25, 0.3) is 0 Å². The second-order valence-electron chi connectivity index (χ2n) is 6.39. The van der Waals surface area contributed by atoms with Crippen LogP contribution in [0, 0.1) is 0 Å². The molecule has 0 aliphatic heterocycles. The Labute approximate surface area is 179 Å². The molecule has 1 aromatic carbocycles. The Bertz CT molecular complexity index is 636. The fraction of sp³-hybridized carbons (Fsp3) is 0.600. The number of nitrogens with one attached hydrogen (secondary N) is 1. The monoisotopic (exact) mass is 443 g/mol. The topological polar surface area (TPSA) is 102 Å². The molecule has 0 spiro atoms. The predicted molar refractivity (Wildman–Crippen MR) is 113 cm³/mol. The standard InChI is InChI=1S/C20H33NO8Si/c1-7-18(30(24-8-2,25-9-3)26-10-4)21-19(22)28-16-11-13-17(14-12-16)29-20(23)27-15(5)6/h11-15,18H,7-10H2,1-6H3,(H,21,22). The molecular formula is C20H33NO8Si. The molecule has 0 aliphatic carbocycles. The maximum Gasteiger partial charge on any atom is 0.524 e. The highest BCUT2D eigenvalue weighted by atomic mass is 28.4. The number of hydrogen-bond donors (Lipinski definition) is 1. The van der Waals surface area contributed by atoms with Gasteiger partial charge in [0.2, 0.25) is 0 Å². The Kier molecular flexibility index (Phi) is 11.4. The lowest BCUT2D eigenvalue weighted by Crippen LogP contribution is -2.63. The van der Waals surface area contributed by atoms with E-state index in [2.05, 4.69) is 5.32 Å². The van der Waals surface area contributed by atoms with Crippen LogP contribution in [0.2, 0.25) is 0 Å². The number of carbonyl (C=O) groups is 2. The summed E-state index contributed by atoms with van der Waals surface area (Å²) >= 11 is 0.